The van der Waals surface area contributed by atoms with E-state index in [0.717, 1.165) is 0 Å². The molecule has 2 aromatic rings. The topological polar surface area (TPSA) is 55.1 Å². The van der Waals surface area contributed by atoms with Crippen molar-refractivity contribution >= 4 is 21.9 Å². The van der Waals surface area contributed by atoms with E-state index in [0.29, 0.717) is 15.7 Å². The van der Waals surface area contributed by atoms with Gasteiger partial charge in [-0.05, 0) is 25.1 Å². The SMILES string of the molecule is CC.CC(C(=O)O)c1cnn(-c2cc(F)cc(Br)c2)c1. The van der Waals surface area contributed by atoms with Crippen LogP contribution in [0.25, 0.3) is 5.69 Å². The van der Waals surface area contributed by atoms with Crippen LogP contribution in [-0.2, 0) is 4.79 Å². The number of rotatable bonds is 3. The smallest absolute Gasteiger partial charge is 0.310 e. The molecule has 0 saturated carbocycles. The van der Waals surface area contributed by atoms with Crippen molar-refractivity contribution in [3.63, 3.8) is 0 Å². The molecule has 0 aliphatic heterocycles. The molecule has 0 saturated heterocycles. The van der Waals surface area contributed by atoms with E-state index in [1.54, 1.807) is 19.2 Å². The number of hydrogen-bond acceptors (Lipinski definition) is 2. The molecule has 1 unspecified atom stereocenters. The summed E-state index contributed by atoms with van der Waals surface area (Å²) in [4.78, 5) is 10.8. The van der Waals surface area contributed by atoms with E-state index < -0.39 is 11.9 Å². The summed E-state index contributed by atoms with van der Waals surface area (Å²) < 4.78 is 15.3. The summed E-state index contributed by atoms with van der Waals surface area (Å²) in [7, 11) is 0. The largest absolute Gasteiger partial charge is 0.481 e. The van der Waals surface area contributed by atoms with E-state index in [9.17, 15) is 9.18 Å². The van der Waals surface area contributed by atoms with Crippen molar-refractivity contribution in [2.24, 2.45) is 0 Å². The third-order valence-electron chi connectivity index (χ3n) is 2.58. The number of halogens is 2. The van der Waals surface area contributed by atoms with Gasteiger partial charge in [-0.25, -0.2) is 9.07 Å². The highest BCUT2D eigenvalue weighted by Gasteiger charge is 2.16. The second-order valence-electron chi connectivity index (χ2n) is 3.91. The normalized spacial score (nSPS) is 11.4. The molecule has 1 N–H and O–H groups in total. The minimum atomic E-state index is -0.921. The third-order valence-corrected chi connectivity index (χ3v) is 3.04. The van der Waals surface area contributed by atoms with E-state index in [-0.39, 0.29) is 5.82 Å². The van der Waals surface area contributed by atoms with Gasteiger partial charge in [-0.15, -0.1) is 0 Å². The quantitative estimate of drug-likeness (QED) is 0.917. The molecule has 20 heavy (non-hydrogen) atoms. The number of carbonyl (C=O) groups is 1. The molecule has 2 rings (SSSR count). The van der Waals surface area contributed by atoms with Gasteiger partial charge in [0.25, 0.3) is 0 Å². The average molecular weight is 343 g/mol. The number of benzene rings is 1. The molecular formula is C14H16BrFN2O2. The van der Waals surface area contributed by atoms with E-state index >= 15 is 0 Å². The summed E-state index contributed by atoms with van der Waals surface area (Å²) in [6, 6.07) is 4.37. The molecule has 6 heteroatoms. The fourth-order valence-electron chi connectivity index (χ4n) is 1.52. The van der Waals surface area contributed by atoms with E-state index in [1.165, 1.54) is 23.0 Å². The van der Waals surface area contributed by atoms with Crippen molar-refractivity contribution in [1.82, 2.24) is 9.78 Å². The van der Waals surface area contributed by atoms with Crippen LogP contribution in [-0.4, -0.2) is 20.9 Å². The Kier molecular flexibility index (Phi) is 5.88. The molecular weight excluding hydrogens is 327 g/mol. The van der Waals surface area contributed by atoms with Gasteiger partial charge in [0.05, 0.1) is 17.8 Å². The van der Waals surface area contributed by atoms with E-state index in [4.69, 9.17) is 5.11 Å². The molecule has 0 fully saturated rings. The zero-order valence-corrected chi connectivity index (χ0v) is 13.1. The van der Waals surface area contributed by atoms with Crippen LogP contribution in [0.2, 0.25) is 0 Å². The van der Waals surface area contributed by atoms with Crippen molar-refractivity contribution in [3.05, 3.63) is 46.4 Å². The Hall–Kier alpha value is -1.69. The summed E-state index contributed by atoms with van der Waals surface area (Å²) >= 11 is 3.19. The summed E-state index contributed by atoms with van der Waals surface area (Å²) in [5, 5.41) is 12.9. The van der Waals surface area contributed by atoms with Gasteiger partial charge in [0.15, 0.2) is 0 Å². The first-order valence-corrected chi connectivity index (χ1v) is 7.00. The van der Waals surface area contributed by atoms with Crippen LogP contribution in [0.4, 0.5) is 4.39 Å². The molecule has 0 bridgehead atoms. The summed E-state index contributed by atoms with van der Waals surface area (Å²) in [5.41, 5.74) is 1.11. The van der Waals surface area contributed by atoms with Crippen molar-refractivity contribution in [2.75, 3.05) is 0 Å². The van der Waals surface area contributed by atoms with Crippen molar-refractivity contribution in [1.29, 1.82) is 0 Å². The van der Waals surface area contributed by atoms with Gasteiger partial charge >= 0.3 is 5.97 Å². The van der Waals surface area contributed by atoms with Crippen LogP contribution in [0.1, 0.15) is 32.3 Å². The maximum atomic E-state index is 13.2. The molecule has 4 nitrogen and oxygen atoms in total. The number of aromatic nitrogens is 2. The summed E-state index contributed by atoms with van der Waals surface area (Å²) in [6.45, 7) is 5.57. The molecule has 1 aromatic heterocycles. The first kappa shape index (κ1) is 16.4. The Bertz CT molecular complexity index is 578. The third kappa shape index (κ3) is 3.90. The fraction of sp³-hybridized carbons (Fsp3) is 0.286. The Morgan fingerprint density at radius 1 is 1.40 bits per heavy atom. The van der Waals surface area contributed by atoms with Crippen LogP contribution < -0.4 is 0 Å². The Labute approximate surface area is 125 Å². The van der Waals surface area contributed by atoms with Crippen molar-refractivity contribution < 1.29 is 14.3 Å². The minimum Gasteiger partial charge on any atom is -0.481 e. The van der Waals surface area contributed by atoms with Gasteiger partial charge in [-0.1, -0.05) is 29.8 Å². The molecule has 0 spiro atoms. The van der Waals surface area contributed by atoms with E-state index in [1.807, 2.05) is 13.8 Å². The molecule has 0 radical (unpaired) electrons. The predicted molar refractivity (Wildman–Crippen MR) is 78.6 cm³/mol. The standard InChI is InChI=1S/C12H10BrFN2O2.C2H6/c1-7(12(17)18)8-5-15-16(6-8)11-3-9(13)2-10(14)4-11;1-2/h2-7H,1H3,(H,17,18);1-2H3. The zero-order chi connectivity index (χ0) is 15.3. The van der Waals surface area contributed by atoms with Gasteiger partial charge in [-0.2, -0.15) is 5.10 Å². The molecule has 108 valence electrons. The second-order valence-corrected chi connectivity index (χ2v) is 4.82. The number of nitrogens with zero attached hydrogens (tertiary/aromatic N) is 2. The van der Waals surface area contributed by atoms with Gasteiger partial charge in [0.1, 0.15) is 5.82 Å². The Morgan fingerprint density at radius 2 is 2.05 bits per heavy atom. The van der Waals surface area contributed by atoms with E-state index in [2.05, 4.69) is 21.0 Å². The summed E-state index contributed by atoms with van der Waals surface area (Å²) in [6.07, 6.45) is 3.05. The predicted octanol–water partition coefficient (Wildman–Crippen LogP) is 3.99. The number of carboxylic acids is 1. The zero-order valence-electron chi connectivity index (χ0n) is 11.5. The molecule has 1 atom stereocenters. The van der Waals surface area contributed by atoms with Crippen LogP contribution in [0.5, 0.6) is 0 Å². The van der Waals surface area contributed by atoms with Gasteiger partial charge in [0, 0.05) is 16.2 Å². The maximum Gasteiger partial charge on any atom is 0.310 e. The number of hydrogen-bond donors (Lipinski definition) is 1. The first-order chi connectivity index (χ1) is 9.47. The van der Waals surface area contributed by atoms with Crippen LogP contribution in [0, 0.1) is 5.82 Å². The second kappa shape index (κ2) is 7.19. The molecule has 0 aliphatic rings. The molecule has 0 amide bonds. The lowest BCUT2D eigenvalue weighted by atomic mass is 10.1. The van der Waals surface area contributed by atoms with Crippen molar-refractivity contribution in [3.8, 4) is 5.69 Å². The minimum absolute atomic E-state index is 0.386. The monoisotopic (exact) mass is 342 g/mol. The number of carboxylic acid groups (broad SMARTS) is 1. The fourth-order valence-corrected chi connectivity index (χ4v) is 1.97. The Morgan fingerprint density at radius 3 is 2.60 bits per heavy atom. The summed E-state index contributed by atoms with van der Waals surface area (Å²) in [5.74, 6) is -1.95. The highest BCUT2D eigenvalue weighted by Crippen LogP contribution is 2.20. The van der Waals surface area contributed by atoms with Crippen LogP contribution in [0.3, 0.4) is 0 Å². The molecule has 1 heterocycles. The molecule has 1 aromatic carbocycles. The lowest BCUT2D eigenvalue weighted by Crippen LogP contribution is -2.06. The maximum absolute atomic E-state index is 13.2. The van der Waals surface area contributed by atoms with Crippen LogP contribution >= 0.6 is 15.9 Å². The lowest BCUT2D eigenvalue weighted by Gasteiger charge is -2.03. The first-order valence-electron chi connectivity index (χ1n) is 6.21. The van der Waals surface area contributed by atoms with Crippen molar-refractivity contribution in [2.45, 2.75) is 26.7 Å². The van der Waals surface area contributed by atoms with Crippen LogP contribution in [0.15, 0.2) is 35.1 Å². The molecule has 0 aliphatic carbocycles. The highest BCUT2D eigenvalue weighted by molar-refractivity contribution is 9.10. The van der Waals surface area contributed by atoms with Gasteiger partial charge in [0.2, 0.25) is 0 Å². The van der Waals surface area contributed by atoms with Gasteiger partial charge in [-0.3, -0.25) is 4.79 Å². The highest BCUT2D eigenvalue weighted by atomic mass is 79.9. The lowest BCUT2D eigenvalue weighted by molar-refractivity contribution is -0.138. The average Bonchev–Trinajstić information content (AvgIpc) is 2.88. The Balaban J connectivity index is 0.000000956. The number of aliphatic carboxylic acids is 1. The van der Waals surface area contributed by atoms with Gasteiger partial charge < -0.3 is 5.11 Å².